The first-order valence-corrected chi connectivity index (χ1v) is 15.6. The Labute approximate surface area is 264 Å². The Morgan fingerprint density at radius 1 is 0.370 bits per heavy atom. The maximum atomic E-state index is 5.33. The summed E-state index contributed by atoms with van der Waals surface area (Å²) in [5.41, 5.74) is 8.57. The van der Waals surface area contributed by atoms with Crippen LogP contribution in [-0.2, 0) is 0 Å². The minimum absolute atomic E-state index is 0.659. The first-order valence-electron chi connectivity index (χ1n) is 15.6. The first kappa shape index (κ1) is 25.1. The standard InChI is InChI=1S/C42H26N4/c1-2-14-28(15-3-1)41-32-19-6-9-20-33(32)43-42(44-41)46-37-24-12-23-36(40(37)39-29-16-5-4-13-27(29)25-26-38(39)46)45-34-21-10-7-17-30(34)31-18-8-11-22-35(31)45/h1-26H. The third-order valence-corrected chi connectivity index (χ3v) is 9.32. The van der Waals surface area contributed by atoms with Gasteiger partial charge in [-0.15, -0.1) is 0 Å². The van der Waals surface area contributed by atoms with Gasteiger partial charge < -0.3 is 4.57 Å². The van der Waals surface area contributed by atoms with E-state index in [0.29, 0.717) is 5.95 Å². The number of hydrogen-bond donors (Lipinski definition) is 0. The lowest BCUT2D eigenvalue weighted by molar-refractivity contribution is 1.01. The Balaban J connectivity index is 1.40. The van der Waals surface area contributed by atoms with Crippen molar-refractivity contribution in [1.29, 1.82) is 0 Å². The molecule has 0 unspecified atom stereocenters. The summed E-state index contributed by atoms with van der Waals surface area (Å²) in [6, 6.07) is 55.9. The van der Waals surface area contributed by atoms with Gasteiger partial charge in [-0.3, -0.25) is 4.57 Å². The van der Waals surface area contributed by atoms with E-state index in [9.17, 15) is 0 Å². The van der Waals surface area contributed by atoms with Crippen molar-refractivity contribution >= 4 is 65.3 Å². The molecule has 10 aromatic rings. The average Bonchev–Trinajstić information content (AvgIpc) is 3.65. The predicted molar refractivity (Wildman–Crippen MR) is 191 cm³/mol. The van der Waals surface area contributed by atoms with Gasteiger partial charge in [0, 0.05) is 32.5 Å². The summed E-state index contributed by atoms with van der Waals surface area (Å²) in [5, 5.41) is 8.32. The van der Waals surface area contributed by atoms with Crippen molar-refractivity contribution in [2.75, 3.05) is 0 Å². The van der Waals surface area contributed by atoms with Gasteiger partial charge in [0.1, 0.15) is 0 Å². The van der Waals surface area contributed by atoms with Gasteiger partial charge in [-0.1, -0.05) is 121 Å². The zero-order chi connectivity index (χ0) is 30.2. The summed E-state index contributed by atoms with van der Waals surface area (Å²) in [4.78, 5) is 10.6. The maximum Gasteiger partial charge on any atom is 0.235 e. The summed E-state index contributed by atoms with van der Waals surface area (Å²) in [5.74, 6) is 0.659. The van der Waals surface area contributed by atoms with Crippen LogP contribution in [0.5, 0.6) is 0 Å². The molecule has 214 valence electrons. The fourth-order valence-electron chi connectivity index (χ4n) is 7.37. The van der Waals surface area contributed by atoms with Crippen LogP contribution >= 0.6 is 0 Å². The molecule has 0 spiro atoms. The van der Waals surface area contributed by atoms with E-state index in [-0.39, 0.29) is 0 Å². The highest BCUT2D eigenvalue weighted by Crippen LogP contribution is 2.42. The highest BCUT2D eigenvalue weighted by Gasteiger charge is 2.22. The topological polar surface area (TPSA) is 35.6 Å². The average molecular weight is 587 g/mol. The second kappa shape index (κ2) is 9.62. The molecule has 0 radical (unpaired) electrons. The molecule has 0 saturated heterocycles. The number of hydrogen-bond acceptors (Lipinski definition) is 2. The zero-order valence-electron chi connectivity index (χ0n) is 24.8. The molecule has 0 atom stereocenters. The third kappa shape index (κ3) is 3.49. The van der Waals surface area contributed by atoms with E-state index in [1.54, 1.807) is 0 Å². The monoisotopic (exact) mass is 586 g/mol. The van der Waals surface area contributed by atoms with Gasteiger partial charge >= 0.3 is 0 Å². The van der Waals surface area contributed by atoms with Crippen LogP contribution in [0.1, 0.15) is 0 Å². The molecule has 3 aromatic heterocycles. The van der Waals surface area contributed by atoms with Gasteiger partial charge in [0.2, 0.25) is 5.95 Å². The Hall–Kier alpha value is -6.26. The number of para-hydroxylation sites is 3. The molecule has 3 heterocycles. The molecule has 0 aliphatic rings. The molecular weight excluding hydrogens is 560 g/mol. The Morgan fingerprint density at radius 3 is 1.76 bits per heavy atom. The molecular formula is C42H26N4. The smallest absolute Gasteiger partial charge is 0.235 e. The fraction of sp³-hybridized carbons (Fsp3) is 0. The molecule has 10 rings (SSSR count). The van der Waals surface area contributed by atoms with Crippen molar-refractivity contribution in [2.24, 2.45) is 0 Å². The summed E-state index contributed by atoms with van der Waals surface area (Å²) < 4.78 is 4.68. The van der Waals surface area contributed by atoms with Crippen LogP contribution in [-0.4, -0.2) is 19.1 Å². The van der Waals surface area contributed by atoms with E-state index in [4.69, 9.17) is 9.97 Å². The lowest BCUT2D eigenvalue weighted by atomic mass is 10.0. The predicted octanol–water partition coefficient (Wildman–Crippen LogP) is 10.6. The van der Waals surface area contributed by atoms with Crippen LogP contribution in [0.25, 0.3) is 88.2 Å². The molecule has 46 heavy (non-hydrogen) atoms. The molecule has 7 aromatic carbocycles. The van der Waals surface area contributed by atoms with Crippen molar-refractivity contribution < 1.29 is 0 Å². The summed E-state index contributed by atoms with van der Waals surface area (Å²) in [6.45, 7) is 0. The summed E-state index contributed by atoms with van der Waals surface area (Å²) in [7, 11) is 0. The SMILES string of the molecule is c1ccc(-c2nc(-n3c4cccc(-n5c6ccccc6c6ccccc65)c4c4c5ccccc5ccc43)nc3ccccc23)cc1. The zero-order valence-corrected chi connectivity index (χ0v) is 24.8. The van der Waals surface area contributed by atoms with Crippen molar-refractivity contribution in [3.63, 3.8) is 0 Å². The summed E-state index contributed by atoms with van der Waals surface area (Å²) >= 11 is 0. The fourth-order valence-corrected chi connectivity index (χ4v) is 7.37. The van der Waals surface area contributed by atoms with E-state index in [1.807, 2.05) is 12.1 Å². The highest BCUT2D eigenvalue weighted by molar-refractivity contribution is 6.24. The van der Waals surface area contributed by atoms with E-state index >= 15 is 0 Å². The minimum Gasteiger partial charge on any atom is -0.309 e. The molecule has 0 bridgehead atoms. The van der Waals surface area contributed by atoms with Gasteiger partial charge in [-0.05, 0) is 47.2 Å². The second-order valence-electron chi connectivity index (χ2n) is 11.8. The molecule has 0 aliphatic heterocycles. The van der Waals surface area contributed by atoms with E-state index < -0.39 is 0 Å². The van der Waals surface area contributed by atoms with Crippen LogP contribution in [0, 0.1) is 0 Å². The quantitative estimate of drug-likeness (QED) is 0.206. The Morgan fingerprint density at radius 2 is 0.978 bits per heavy atom. The Bertz CT molecular complexity index is 2750. The first-order chi connectivity index (χ1) is 22.8. The van der Waals surface area contributed by atoms with E-state index in [1.165, 1.54) is 43.4 Å². The van der Waals surface area contributed by atoms with Crippen LogP contribution in [0.4, 0.5) is 0 Å². The van der Waals surface area contributed by atoms with Crippen molar-refractivity contribution in [2.45, 2.75) is 0 Å². The number of benzene rings is 7. The number of fused-ring (bicyclic) bond motifs is 9. The molecule has 0 saturated carbocycles. The van der Waals surface area contributed by atoms with Crippen molar-refractivity contribution in [1.82, 2.24) is 19.1 Å². The molecule has 4 nitrogen and oxygen atoms in total. The number of aromatic nitrogens is 4. The number of rotatable bonds is 3. The van der Waals surface area contributed by atoms with Gasteiger partial charge in [0.25, 0.3) is 0 Å². The largest absolute Gasteiger partial charge is 0.309 e. The van der Waals surface area contributed by atoms with Gasteiger partial charge in [-0.2, -0.15) is 0 Å². The molecule has 0 aliphatic carbocycles. The van der Waals surface area contributed by atoms with Gasteiger partial charge in [0.05, 0.1) is 39.0 Å². The molecule has 0 N–H and O–H groups in total. The van der Waals surface area contributed by atoms with Crippen LogP contribution in [0.2, 0.25) is 0 Å². The lowest BCUT2D eigenvalue weighted by Gasteiger charge is -2.12. The van der Waals surface area contributed by atoms with E-state index in [0.717, 1.165) is 38.9 Å². The van der Waals surface area contributed by atoms with Crippen molar-refractivity contribution in [3.05, 3.63) is 158 Å². The van der Waals surface area contributed by atoms with Crippen LogP contribution in [0.15, 0.2) is 158 Å². The van der Waals surface area contributed by atoms with E-state index in [2.05, 4.69) is 155 Å². The molecule has 4 heteroatoms. The lowest BCUT2D eigenvalue weighted by Crippen LogP contribution is -2.03. The van der Waals surface area contributed by atoms with Gasteiger partial charge in [0.15, 0.2) is 0 Å². The van der Waals surface area contributed by atoms with Crippen LogP contribution in [0.3, 0.4) is 0 Å². The second-order valence-corrected chi connectivity index (χ2v) is 11.8. The Kier molecular flexibility index (Phi) is 5.25. The van der Waals surface area contributed by atoms with Crippen molar-refractivity contribution in [3.8, 4) is 22.9 Å². The minimum atomic E-state index is 0.659. The molecule has 0 fully saturated rings. The third-order valence-electron chi connectivity index (χ3n) is 9.32. The van der Waals surface area contributed by atoms with Gasteiger partial charge in [-0.25, -0.2) is 9.97 Å². The van der Waals surface area contributed by atoms with Crippen LogP contribution < -0.4 is 0 Å². The highest BCUT2D eigenvalue weighted by atomic mass is 15.2. The normalized spacial score (nSPS) is 11.9. The molecule has 0 amide bonds. The number of nitrogens with zero attached hydrogens (tertiary/aromatic N) is 4. The summed E-state index contributed by atoms with van der Waals surface area (Å²) in [6.07, 6.45) is 0. The maximum absolute atomic E-state index is 5.33.